The van der Waals surface area contributed by atoms with Gasteiger partial charge in [-0.25, -0.2) is 0 Å². The Morgan fingerprint density at radius 1 is 1.47 bits per heavy atom. The van der Waals surface area contributed by atoms with Crippen molar-refractivity contribution >= 4 is 11.6 Å². The molecule has 5 nitrogen and oxygen atoms in total. The molecule has 0 aliphatic heterocycles. The SMILES string of the molecule is Cc1[nH]nc(C(=O)NC(C)C(C)C)c1N. The Morgan fingerprint density at radius 3 is 2.47 bits per heavy atom. The lowest BCUT2D eigenvalue weighted by Gasteiger charge is -2.16. The van der Waals surface area contributed by atoms with Gasteiger partial charge in [0.2, 0.25) is 0 Å². The molecule has 1 aromatic rings. The van der Waals surface area contributed by atoms with Gasteiger partial charge < -0.3 is 11.1 Å². The first kappa shape index (κ1) is 11.6. The predicted molar refractivity (Wildman–Crippen MR) is 59.5 cm³/mol. The van der Waals surface area contributed by atoms with Crippen molar-refractivity contribution in [3.8, 4) is 0 Å². The fourth-order valence-corrected chi connectivity index (χ4v) is 1.05. The number of carbonyl (C=O) groups is 1. The molecule has 5 heteroatoms. The van der Waals surface area contributed by atoms with E-state index in [0.29, 0.717) is 11.6 Å². The van der Waals surface area contributed by atoms with Crippen molar-refractivity contribution in [2.75, 3.05) is 5.73 Å². The minimum Gasteiger partial charge on any atom is -0.395 e. The summed E-state index contributed by atoms with van der Waals surface area (Å²) in [6.45, 7) is 7.83. The second-order valence-corrected chi connectivity index (χ2v) is 4.12. The van der Waals surface area contributed by atoms with Crippen molar-refractivity contribution in [1.82, 2.24) is 15.5 Å². The number of aromatic amines is 1. The first-order valence-electron chi connectivity index (χ1n) is 5.04. The zero-order valence-electron chi connectivity index (χ0n) is 9.59. The van der Waals surface area contributed by atoms with Gasteiger partial charge in [0.1, 0.15) is 0 Å². The molecule has 0 saturated heterocycles. The van der Waals surface area contributed by atoms with Gasteiger partial charge in [0, 0.05) is 6.04 Å². The van der Waals surface area contributed by atoms with Crippen molar-refractivity contribution in [1.29, 1.82) is 0 Å². The van der Waals surface area contributed by atoms with Gasteiger partial charge in [0.15, 0.2) is 5.69 Å². The number of hydrogen-bond acceptors (Lipinski definition) is 3. The van der Waals surface area contributed by atoms with E-state index in [1.54, 1.807) is 6.92 Å². The van der Waals surface area contributed by atoms with Crippen LogP contribution in [0, 0.1) is 12.8 Å². The number of nitrogens with one attached hydrogen (secondary N) is 2. The fourth-order valence-electron chi connectivity index (χ4n) is 1.05. The normalized spacial score (nSPS) is 12.9. The molecule has 0 aliphatic rings. The summed E-state index contributed by atoms with van der Waals surface area (Å²) in [7, 11) is 0. The summed E-state index contributed by atoms with van der Waals surface area (Å²) >= 11 is 0. The van der Waals surface area contributed by atoms with Crippen LogP contribution in [0.25, 0.3) is 0 Å². The molecule has 1 heterocycles. The number of hydrogen-bond donors (Lipinski definition) is 3. The Morgan fingerprint density at radius 2 is 2.07 bits per heavy atom. The van der Waals surface area contributed by atoms with E-state index in [2.05, 4.69) is 15.5 Å². The topological polar surface area (TPSA) is 83.8 Å². The average molecular weight is 210 g/mol. The number of nitrogens with two attached hydrogens (primary N) is 1. The van der Waals surface area contributed by atoms with E-state index < -0.39 is 0 Å². The van der Waals surface area contributed by atoms with Crippen molar-refractivity contribution in [3.63, 3.8) is 0 Å². The molecule has 0 bridgehead atoms. The minimum absolute atomic E-state index is 0.105. The molecule has 1 amide bonds. The van der Waals surface area contributed by atoms with E-state index in [9.17, 15) is 4.79 Å². The quantitative estimate of drug-likeness (QED) is 0.697. The van der Waals surface area contributed by atoms with Gasteiger partial charge >= 0.3 is 0 Å². The standard InChI is InChI=1S/C10H18N4O/c1-5(2)6(3)12-10(15)9-8(11)7(4)13-14-9/h5-6H,11H2,1-4H3,(H,12,15)(H,13,14). The van der Waals surface area contributed by atoms with Crippen molar-refractivity contribution in [3.05, 3.63) is 11.4 Å². The molecule has 1 aromatic heterocycles. The van der Waals surface area contributed by atoms with Crippen LogP contribution in [0.15, 0.2) is 0 Å². The number of aromatic nitrogens is 2. The van der Waals surface area contributed by atoms with Crippen LogP contribution in [0.3, 0.4) is 0 Å². The number of aryl methyl sites for hydroxylation is 1. The van der Waals surface area contributed by atoms with Crippen molar-refractivity contribution in [2.45, 2.75) is 33.7 Å². The van der Waals surface area contributed by atoms with Crippen LogP contribution in [-0.2, 0) is 0 Å². The number of H-pyrrole nitrogens is 1. The van der Waals surface area contributed by atoms with Gasteiger partial charge in [-0.3, -0.25) is 9.89 Å². The zero-order valence-corrected chi connectivity index (χ0v) is 9.59. The highest BCUT2D eigenvalue weighted by Crippen LogP contribution is 2.12. The maximum absolute atomic E-state index is 11.7. The molecular formula is C10H18N4O. The number of anilines is 1. The monoisotopic (exact) mass is 210 g/mol. The van der Waals surface area contributed by atoms with Gasteiger partial charge in [-0.05, 0) is 19.8 Å². The van der Waals surface area contributed by atoms with Crippen LogP contribution in [-0.4, -0.2) is 22.1 Å². The van der Waals surface area contributed by atoms with Crippen molar-refractivity contribution in [2.24, 2.45) is 5.92 Å². The molecule has 0 fully saturated rings. The van der Waals surface area contributed by atoms with Crippen LogP contribution in [0.1, 0.15) is 37.0 Å². The summed E-state index contributed by atoms with van der Waals surface area (Å²) in [5, 5.41) is 9.40. The lowest BCUT2D eigenvalue weighted by molar-refractivity contribution is 0.0926. The van der Waals surface area contributed by atoms with Crippen LogP contribution in [0.5, 0.6) is 0 Å². The lowest BCUT2D eigenvalue weighted by Crippen LogP contribution is -2.36. The summed E-state index contributed by atoms with van der Waals surface area (Å²) < 4.78 is 0. The van der Waals surface area contributed by atoms with Gasteiger partial charge in [-0.1, -0.05) is 13.8 Å². The van der Waals surface area contributed by atoms with Crippen LogP contribution >= 0.6 is 0 Å². The van der Waals surface area contributed by atoms with Gasteiger partial charge in [-0.15, -0.1) is 0 Å². The molecule has 1 atom stereocenters. The number of nitrogens with zero attached hydrogens (tertiary/aromatic N) is 1. The van der Waals surface area contributed by atoms with E-state index in [4.69, 9.17) is 5.73 Å². The highest BCUT2D eigenvalue weighted by Gasteiger charge is 2.18. The third-order valence-corrected chi connectivity index (χ3v) is 2.57. The van der Waals surface area contributed by atoms with E-state index in [0.717, 1.165) is 5.69 Å². The second-order valence-electron chi connectivity index (χ2n) is 4.12. The van der Waals surface area contributed by atoms with Crippen LogP contribution in [0.4, 0.5) is 5.69 Å². The minimum atomic E-state index is -0.224. The third-order valence-electron chi connectivity index (χ3n) is 2.57. The van der Waals surface area contributed by atoms with Crippen LogP contribution < -0.4 is 11.1 Å². The number of amides is 1. The van der Waals surface area contributed by atoms with E-state index >= 15 is 0 Å². The molecule has 0 aliphatic carbocycles. The molecule has 1 rings (SSSR count). The zero-order chi connectivity index (χ0) is 11.6. The summed E-state index contributed by atoms with van der Waals surface area (Å²) in [5.41, 5.74) is 7.12. The Labute approximate surface area is 89.4 Å². The second kappa shape index (κ2) is 4.33. The Hall–Kier alpha value is -1.52. The fraction of sp³-hybridized carbons (Fsp3) is 0.600. The predicted octanol–water partition coefficient (Wildman–Crippen LogP) is 1.07. The molecule has 0 aromatic carbocycles. The smallest absolute Gasteiger partial charge is 0.274 e. The molecule has 0 saturated carbocycles. The average Bonchev–Trinajstić information content (AvgIpc) is 2.47. The van der Waals surface area contributed by atoms with Gasteiger partial charge in [0.05, 0.1) is 11.4 Å². The molecule has 84 valence electrons. The van der Waals surface area contributed by atoms with Gasteiger partial charge in [-0.2, -0.15) is 5.10 Å². The molecule has 0 spiro atoms. The lowest BCUT2D eigenvalue weighted by atomic mass is 10.1. The summed E-state index contributed by atoms with van der Waals surface area (Å²) in [6.07, 6.45) is 0. The van der Waals surface area contributed by atoms with E-state index in [-0.39, 0.29) is 17.6 Å². The van der Waals surface area contributed by atoms with Gasteiger partial charge in [0.25, 0.3) is 5.91 Å². The first-order valence-corrected chi connectivity index (χ1v) is 5.04. The number of nitrogen functional groups attached to an aromatic ring is 1. The number of rotatable bonds is 3. The third kappa shape index (κ3) is 2.49. The maximum Gasteiger partial charge on any atom is 0.274 e. The Bertz CT molecular complexity index is 356. The Kier molecular flexibility index (Phi) is 3.34. The number of carbonyl (C=O) groups excluding carboxylic acids is 1. The molecule has 1 unspecified atom stereocenters. The maximum atomic E-state index is 11.7. The highest BCUT2D eigenvalue weighted by molar-refractivity contribution is 5.97. The highest BCUT2D eigenvalue weighted by atomic mass is 16.2. The first-order chi connectivity index (χ1) is 6.93. The summed E-state index contributed by atoms with van der Waals surface area (Å²) in [4.78, 5) is 11.7. The molecule has 4 N–H and O–H groups in total. The van der Waals surface area contributed by atoms with Crippen LogP contribution in [0.2, 0.25) is 0 Å². The molecule has 15 heavy (non-hydrogen) atoms. The Balaban J connectivity index is 2.74. The van der Waals surface area contributed by atoms with Crippen molar-refractivity contribution < 1.29 is 4.79 Å². The van der Waals surface area contributed by atoms with E-state index in [1.807, 2.05) is 20.8 Å². The summed E-state index contributed by atoms with van der Waals surface area (Å²) in [5.74, 6) is 0.160. The molecule has 0 radical (unpaired) electrons. The summed E-state index contributed by atoms with van der Waals surface area (Å²) in [6, 6.07) is 0.105. The largest absolute Gasteiger partial charge is 0.395 e. The molecular weight excluding hydrogens is 192 g/mol. The van der Waals surface area contributed by atoms with E-state index in [1.165, 1.54) is 0 Å².